The van der Waals surface area contributed by atoms with Crippen molar-refractivity contribution in [2.24, 2.45) is 17.3 Å². The topological polar surface area (TPSA) is 84.9 Å². The highest BCUT2D eigenvalue weighted by Crippen LogP contribution is 2.59. The number of piperidine rings is 1. The maximum Gasteiger partial charge on any atom is 0.434 e. The summed E-state index contributed by atoms with van der Waals surface area (Å²) in [4.78, 5) is 37.2. The fourth-order valence-corrected chi connectivity index (χ4v) is 4.17. The molecule has 3 amide bonds. The van der Waals surface area contributed by atoms with E-state index >= 15 is 0 Å². The van der Waals surface area contributed by atoms with Crippen molar-refractivity contribution in [1.29, 1.82) is 0 Å². The van der Waals surface area contributed by atoms with Gasteiger partial charge in [0.15, 0.2) is 0 Å². The van der Waals surface area contributed by atoms with Crippen molar-refractivity contribution in [3.8, 4) is 0 Å². The van der Waals surface area contributed by atoms with Crippen LogP contribution in [-0.4, -0.2) is 67.6 Å². The highest BCUT2D eigenvalue weighted by atomic mass is 19.4. The van der Waals surface area contributed by atoms with Crippen LogP contribution >= 0.6 is 0 Å². The van der Waals surface area contributed by atoms with Crippen molar-refractivity contribution < 1.29 is 50.2 Å². The Bertz CT molecular complexity index is 697. The molecule has 1 aliphatic carbocycles. The zero-order valence-electron chi connectivity index (χ0n) is 16.4. The lowest BCUT2D eigenvalue weighted by atomic mass is 9.90. The van der Waals surface area contributed by atoms with Crippen molar-refractivity contribution in [3.63, 3.8) is 0 Å². The maximum atomic E-state index is 12.6. The Labute approximate surface area is 173 Å². The summed E-state index contributed by atoms with van der Waals surface area (Å²) in [5.74, 6) is -1.60. The number of ether oxygens (including phenoxy) is 2. The second kappa shape index (κ2) is 8.47. The third-order valence-corrected chi connectivity index (χ3v) is 6.18. The van der Waals surface area contributed by atoms with Gasteiger partial charge in [-0.15, -0.1) is 0 Å². The van der Waals surface area contributed by atoms with Crippen LogP contribution in [0.5, 0.6) is 0 Å². The van der Waals surface area contributed by atoms with Gasteiger partial charge >= 0.3 is 18.4 Å². The number of nitrogens with one attached hydrogen (secondary N) is 1. The molecule has 13 heteroatoms. The first-order chi connectivity index (χ1) is 14.3. The smallest absolute Gasteiger partial charge is 0.426 e. The molecule has 1 spiro atoms. The number of alkyl halides is 6. The number of carbonyl (C=O) groups excluding carboxylic acids is 3. The third-order valence-electron chi connectivity index (χ3n) is 6.18. The van der Waals surface area contributed by atoms with E-state index in [0.29, 0.717) is 32.5 Å². The van der Waals surface area contributed by atoms with E-state index < -0.39 is 41.8 Å². The van der Waals surface area contributed by atoms with E-state index in [4.69, 9.17) is 4.74 Å². The molecule has 1 N–H and O–H groups in total. The monoisotopic (exact) mass is 460 g/mol. The number of halogens is 6. The second-order valence-corrected chi connectivity index (χ2v) is 8.19. The number of hydrogen-bond acceptors (Lipinski definition) is 5. The molecule has 2 heterocycles. The number of rotatable bonds is 3. The Balaban J connectivity index is 1.49. The molecule has 176 valence electrons. The molecule has 1 atom stereocenters. The minimum absolute atomic E-state index is 0.140. The molecule has 0 radical (unpaired) electrons. The van der Waals surface area contributed by atoms with Crippen LogP contribution in [0, 0.1) is 17.3 Å². The van der Waals surface area contributed by atoms with Crippen molar-refractivity contribution >= 4 is 17.9 Å². The molecule has 0 aromatic rings. The molecule has 3 fully saturated rings. The molecule has 0 aromatic heterocycles. The van der Waals surface area contributed by atoms with Gasteiger partial charge in [0.1, 0.15) is 0 Å². The van der Waals surface area contributed by atoms with Gasteiger partial charge < -0.3 is 14.4 Å². The predicted octanol–water partition coefficient (Wildman–Crippen LogP) is 2.79. The lowest BCUT2D eigenvalue weighted by molar-refractivity contribution is -0.308. The summed E-state index contributed by atoms with van der Waals surface area (Å²) in [6.45, 7) is 0.599. The Kier molecular flexibility index (Phi) is 6.45. The molecule has 0 aromatic carbocycles. The lowest BCUT2D eigenvalue weighted by Crippen LogP contribution is -2.49. The quantitative estimate of drug-likeness (QED) is 0.517. The molecule has 31 heavy (non-hydrogen) atoms. The lowest BCUT2D eigenvalue weighted by Gasteiger charge is -2.33. The van der Waals surface area contributed by atoms with Crippen LogP contribution in [0.1, 0.15) is 32.1 Å². The van der Waals surface area contributed by atoms with Gasteiger partial charge in [0.05, 0.1) is 0 Å². The fraction of sp³-hybridized carbons (Fsp3) is 0.833. The molecule has 1 saturated carbocycles. The van der Waals surface area contributed by atoms with Crippen LogP contribution in [0.25, 0.3) is 0 Å². The first-order valence-corrected chi connectivity index (χ1v) is 9.85. The van der Waals surface area contributed by atoms with E-state index in [1.165, 1.54) is 0 Å². The summed E-state index contributed by atoms with van der Waals surface area (Å²) in [5.41, 5.74) is -0.510. The number of likely N-dealkylation sites (tertiary alicyclic amines) is 1. The van der Waals surface area contributed by atoms with Gasteiger partial charge in [0.2, 0.25) is 11.8 Å². The third kappa shape index (κ3) is 5.42. The average molecular weight is 460 g/mol. The van der Waals surface area contributed by atoms with Crippen LogP contribution in [0.15, 0.2) is 0 Å². The van der Waals surface area contributed by atoms with E-state index in [0.717, 1.165) is 4.90 Å². The van der Waals surface area contributed by atoms with Crippen molar-refractivity contribution in [3.05, 3.63) is 0 Å². The molecule has 7 nitrogen and oxygen atoms in total. The summed E-state index contributed by atoms with van der Waals surface area (Å²) in [7, 11) is 0. The van der Waals surface area contributed by atoms with Gasteiger partial charge in [0.25, 0.3) is 6.10 Å². The number of hydrogen-bond donors (Lipinski definition) is 1. The minimum atomic E-state index is -5.78. The van der Waals surface area contributed by atoms with E-state index in [1.807, 2.05) is 0 Å². The van der Waals surface area contributed by atoms with Crippen molar-refractivity contribution in [2.75, 3.05) is 26.3 Å². The summed E-state index contributed by atoms with van der Waals surface area (Å²) in [6, 6.07) is 0. The number of imide groups is 1. The van der Waals surface area contributed by atoms with Crippen LogP contribution in [0.2, 0.25) is 0 Å². The first kappa shape index (κ1) is 23.6. The predicted molar refractivity (Wildman–Crippen MR) is 90.4 cm³/mol. The van der Waals surface area contributed by atoms with Gasteiger partial charge in [0, 0.05) is 38.1 Å². The van der Waals surface area contributed by atoms with Crippen molar-refractivity contribution in [1.82, 2.24) is 10.2 Å². The summed E-state index contributed by atoms with van der Waals surface area (Å²) < 4.78 is 84.2. The zero-order chi connectivity index (χ0) is 23.0. The molecular weight excluding hydrogens is 438 g/mol. The van der Waals surface area contributed by atoms with Gasteiger partial charge in [-0.2, -0.15) is 26.3 Å². The molecule has 3 rings (SSSR count). The van der Waals surface area contributed by atoms with Gasteiger partial charge in [-0.1, -0.05) is 0 Å². The second-order valence-electron chi connectivity index (χ2n) is 8.19. The van der Waals surface area contributed by atoms with E-state index in [1.54, 1.807) is 0 Å². The molecule has 3 aliphatic rings. The Morgan fingerprint density at radius 1 is 0.968 bits per heavy atom. The minimum Gasteiger partial charge on any atom is -0.426 e. The molecule has 2 saturated heterocycles. The highest BCUT2D eigenvalue weighted by Gasteiger charge is 2.62. The fourth-order valence-electron chi connectivity index (χ4n) is 4.17. The number of nitrogens with zero attached hydrogens (tertiary/aromatic N) is 1. The van der Waals surface area contributed by atoms with E-state index in [9.17, 15) is 40.7 Å². The van der Waals surface area contributed by atoms with Crippen molar-refractivity contribution in [2.45, 2.75) is 50.6 Å². The molecule has 2 aliphatic heterocycles. The SMILES string of the molecule is O=C(NC(=O)[C@@H]1CC12CCN(C(=O)OC(C(F)(F)F)C(F)(F)F)CC2)C1CCOCC1. The molecule has 0 unspecified atom stereocenters. The van der Waals surface area contributed by atoms with Crippen LogP contribution in [0.4, 0.5) is 31.1 Å². The Morgan fingerprint density at radius 3 is 2.03 bits per heavy atom. The Morgan fingerprint density at radius 2 is 1.52 bits per heavy atom. The standard InChI is InChI=1S/C18H22F6N2O5/c19-17(20,21)14(18(22,23)24)31-15(29)26-5-3-16(4-6-26)9-11(16)13(28)25-12(27)10-1-7-30-8-2-10/h10-11,14H,1-9H2,(H,25,27,28)/t11-/m0/s1. The van der Waals surface area contributed by atoms with Gasteiger partial charge in [-0.3, -0.25) is 14.9 Å². The van der Waals surface area contributed by atoms with E-state index in [-0.39, 0.29) is 37.8 Å². The Hall–Kier alpha value is -2.05. The van der Waals surface area contributed by atoms with Crippen LogP contribution in [0.3, 0.4) is 0 Å². The molecule has 0 bridgehead atoms. The summed E-state index contributed by atoms with van der Waals surface area (Å²) in [6.07, 6.45) is -15.5. The maximum absolute atomic E-state index is 12.6. The van der Waals surface area contributed by atoms with Gasteiger partial charge in [-0.05, 0) is 37.5 Å². The van der Waals surface area contributed by atoms with Crippen LogP contribution < -0.4 is 5.32 Å². The van der Waals surface area contributed by atoms with E-state index in [2.05, 4.69) is 10.1 Å². The van der Waals surface area contributed by atoms with Gasteiger partial charge in [-0.25, -0.2) is 4.79 Å². The number of carbonyl (C=O) groups is 3. The summed E-state index contributed by atoms with van der Waals surface area (Å²) >= 11 is 0. The normalized spacial score (nSPS) is 24.2. The van der Waals surface area contributed by atoms with Crippen LogP contribution in [-0.2, 0) is 19.1 Å². The molecular formula is C18H22F6N2O5. The first-order valence-electron chi connectivity index (χ1n) is 9.85. The highest BCUT2D eigenvalue weighted by molar-refractivity contribution is 5.98. The largest absolute Gasteiger partial charge is 0.434 e. The zero-order valence-corrected chi connectivity index (χ0v) is 16.4. The average Bonchev–Trinajstić information content (AvgIpc) is 3.38. The summed E-state index contributed by atoms with van der Waals surface area (Å²) in [5, 5.41) is 2.39. The number of amides is 3.